The molecule has 0 radical (unpaired) electrons. The Kier molecular flexibility index (Phi) is 7.15. The summed E-state index contributed by atoms with van der Waals surface area (Å²) in [5.41, 5.74) is 3.47. The van der Waals surface area contributed by atoms with Crippen LogP contribution in [0.25, 0.3) is 0 Å². The first-order valence-corrected chi connectivity index (χ1v) is 13.7. The molecule has 3 aromatic rings. The number of hydrogen-bond donors (Lipinski definition) is 0. The van der Waals surface area contributed by atoms with Gasteiger partial charge in [0.1, 0.15) is 12.3 Å². The molecule has 2 amide bonds. The SMILES string of the molecule is CCC(C)N(CC(=O)N1CCc2sccc2C1c1ccc(OC)cc1)C(=O)C1CC1c1ccccc1. The van der Waals surface area contributed by atoms with E-state index >= 15 is 0 Å². The van der Waals surface area contributed by atoms with E-state index in [1.807, 2.05) is 52.3 Å². The summed E-state index contributed by atoms with van der Waals surface area (Å²) in [5.74, 6) is 1.15. The molecule has 1 fully saturated rings. The summed E-state index contributed by atoms with van der Waals surface area (Å²) in [4.78, 5) is 32.6. The van der Waals surface area contributed by atoms with Crippen LogP contribution < -0.4 is 4.74 Å². The van der Waals surface area contributed by atoms with Gasteiger partial charge >= 0.3 is 0 Å². The minimum Gasteiger partial charge on any atom is -0.497 e. The average Bonchev–Trinajstić information content (AvgIpc) is 3.59. The van der Waals surface area contributed by atoms with E-state index in [0.717, 1.165) is 30.6 Å². The molecule has 4 unspecified atom stereocenters. The summed E-state index contributed by atoms with van der Waals surface area (Å²) in [5, 5.41) is 2.11. The molecule has 188 valence electrons. The molecule has 1 aromatic heterocycles. The van der Waals surface area contributed by atoms with Crippen LogP contribution in [-0.4, -0.2) is 47.9 Å². The van der Waals surface area contributed by atoms with Gasteiger partial charge in [-0.2, -0.15) is 0 Å². The second kappa shape index (κ2) is 10.5. The number of nitrogens with zero attached hydrogens (tertiary/aromatic N) is 2. The van der Waals surface area contributed by atoms with Crippen molar-refractivity contribution in [1.29, 1.82) is 0 Å². The van der Waals surface area contributed by atoms with Gasteiger partial charge in [0.15, 0.2) is 0 Å². The molecule has 5 nitrogen and oxygen atoms in total. The topological polar surface area (TPSA) is 49.9 Å². The number of hydrogen-bond acceptors (Lipinski definition) is 4. The second-order valence-corrected chi connectivity index (χ2v) is 10.9. The molecular formula is C30H34N2O3S. The van der Waals surface area contributed by atoms with E-state index in [-0.39, 0.29) is 42.3 Å². The van der Waals surface area contributed by atoms with Crippen LogP contribution in [0.5, 0.6) is 5.75 Å². The highest BCUT2D eigenvalue weighted by Gasteiger charge is 2.47. The van der Waals surface area contributed by atoms with Gasteiger partial charge in [-0.25, -0.2) is 0 Å². The van der Waals surface area contributed by atoms with Crippen molar-refractivity contribution in [3.63, 3.8) is 0 Å². The number of rotatable bonds is 8. The van der Waals surface area contributed by atoms with Gasteiger partial charge < -0.3 is 14.5 Å². The van der Waals surface area contributed by atoms with Crippen molar-refractivity contribution in [3.8, 4) is 5.75 Å². The molecule has 4 atom stereocenters. The molecule has 0 N–H and O–H groups in total. The Bertz CT molecular complexity index is 1210. The first-order chi connectivity index (χ1) is 17.5. The Morgan fingerprint density at radius 1 is 1.08 bits per heavy atom. The lowest BCUT2D eigenvalue weighted by atomic mass is 9.93. The first kappa shape index (κ1) is 24.6. The maximum atomic E-state index is 13.9. The largest absolute Gasteiger partial charge is 0.497 e. The number of carbonyl (C=O) groups excluding carboxylic acids is 2. The van der Waals surface area contributed by atoms with Crippen molar-refractivity contribution in [2.75, 3.05) is 20.2 Å². The van der Waals surface area contributed by atoms with Crippen LogP contribution in [-0.2, 0) is 16.0 Å². The van der Waals surface area contributed by atoms with E-state index in [2.05, 4.69) is 37.4 Å². The standard InChI is InChI=1S/C30H34N2O3S/c1-4-20(2)32(30(34)26-18-25(26)21-8-6-5-7-9-21)19-28(33)31-16-14-27-24(15-17-36-27)29(31)22-10-12-23(35-3)13-11-22/h5-13,15,17,20,25-26,29H,4,14,16,18-19H2,1-3H3. The molecule has 0 saturated heterocycles. The Balaban J connectivity index is 1.37. The third-order valence-corrected chi connectivity index (χ3v) is 8.76. The van der Waals surface area contributed by atoms with E-state index in [0.29, 0.717) is 6.54 Å². The van der Waals surface area contributed by atoms with E-state index < -0.39 is 0 Å². The maximum Gasteiger partial charge on any atom is 0.243 e. The van der Waals surface area contributed by atoms with Gasteiger partial charge in [0, 0.05) is 23.4 Å². The Hall–Kier alpha value is -3.12. The highest BCUT2D eigenvalue weighted by Crippen LogP contribution is 2.48. The number of thiophene rings is 1. The van der Waals surface area contributed by atoms with Crippen LogP contribution in [0.4, 0.5) is 0 Å². The van der Waals surface area contributed by atoms with Crippen molar-refractivity contribution < 1.29 is 14.3 Å². The van der Waals surface area contributed by atoms with E-state index in [9.17, 15) is 9.59 Å². The Labute approximate surface area is 217 Å². The van der Waals surface area contributed by atoms with Crippen molar-refractivity contribution >= 4 is 23.2 Å². The van der Waals surface area contributed by atoms with E-state index in [1.54, 1.807) is 18.4 Å². The summed E-state index contributed by atoms with van der Waals surface area (Å²) < 4.78 is 5.35. The smallest absolute Gasteiger partial charge is 0.243 e. The lowest BCUT2D eigenvalue weighted by Crippen LogP contribution is -2.49. The van der Waals surface area contributed by atoms with Gasteiger partial charge in [-0.15, -0.1) is 11.3 Å². The molecule has 2 aliphatic rings. The number of carbonyl (C=O) groups is 2. The Morgan fingerprint density at radius 2 is 1.83 bits per heavy atom. The molecule has 0 bridgehead atoms. The zero-order valence-electron chi connectivity index (χ0n) is 21.2. The van der Waals surface area contributed by atoms with Gasteiger partial charge in [0.05, 0.1) is 13.2 Å². The van der Waals surface area contributed by atoms with Crippen LogP contribution in [0.1, 0.15) is 60.2 Å². The molecule has 36 heavy (non-hydrogen) atoms. The second-order valence-electron chi connectivity index (χ2n) is 9.89. The van der Waals surface area contributed by atoms with Gasteiger partial charge in [-0.1, -0.05) is 49.4 Å². The summed E-state index contributed by atoms with van der Waals surface area (Å²) >= 11 is 1.76. The number of methoxy groups -OCH3 is 1. The number of amides is 2. The first-order valence-electron chi connectivity index (χ1n) is 12.9. The quantitative estimate of drug-likeness (QED) is 0.399. The minimum atomic E-state index is -0.148. The molecule has 1 aliphatic heterocycles. The fraction of sp³-hybridized carbons (Fsp3) is 0.400. The molecule has 2 heterocycles. The molecular weight excluding hydrogens is 468 g/mol. The third-order valence-electron chi connectivity index (χ3n) is 7.76. The van der Waals surface area contributed by atoms with Crippen LogP contribution >= 0.6 is 11.3 Å². The van der Waals surface area contributed by atoms with Crippen LogP contribution in [0, 0.1) is 5.92 Å². The molecule has 1 aliphatic carbocycles. The van der Waals surface area contributed by atoms with E-state index in [4.69, 9.17) is 4.74 Å². The van der Waals surface area contributed by atoms with Crippen LogP contribution in [0.15, 0.2) is 66.0 Å². The van der Waals surface area contributed by atoms with Crippen molar-refractivity contribution in [2.24, 2.45) is 5.92 Å². The normalized spacial score (nSPS) is 21.4. The highest BCUT2D eigenvalue weighted by atomic mass is 32.1. The fourth-order valence-corrected chi connectivity index (χ4v) is 6.29. The Morgan fingerprint density at radius 3 is 2.53 bits per heavy atom. The predicted octanol–water partition coefficient (Wildman–Crippen LogP) is 5.66. The minimum absolute atomic E-state index is 0.0122. The lowest BCUT2D eigenvalue weighted by molar-refractivity contribution is -0.144. The highest BCUT2D eigenvalue weighted by molar-refractivity contribution is 7.10. The summed E-state index contributed by atoms with van der Waals surface area (Å²) in [7, 11) is 1.66. The van der Waals surface area contributed by atoms with Crippen LogP contribution in [0.3, 0.4) is 0 Å². The number of benzene rings is 2. The maximum absolute atomic E-state index is 13.9. The fourth-order valence-electron chi connectivity index (χ4n) is 5.39. The van der Waals surface area contributed by atoms with Gasteiger partial charge in [-0.05, 0) is 72.4 Å². The van der Waals surface area contributed by atoms with Gasteiger partial charge in [0.25, 0.3) is 0 Å². The molecule has 1 saturated carbocycles. The van der Waals surface area contributed by atoms with E-state index in [1.165, 1.54) is 16.0 Å². The molecule has 5 rings (SSSR count). The zero-order chi connectivity index (χ0) is 25.2. The van der Waals surface area contributed by atoms with Gasteiger partial charge in [0.2, 0.25) is 11.8 Å². The monoisotopic (exact) mass is 502 g/mol. The summed E-state index contributed by atoms with van der Waals surface area (Å²) in [6.07, 6.45) is 2.53. The summed E-state index contributed by atoms with van der Waals surface area (Å²) in [6, 6.07) is 20.2. The zero-order valence-corrected chi connectivity index (χ0v) is 22.0. The molecule has 0 spiro atoms. The average molecular weight is 503 g/mol. The third kappa shape index (κ3) is 4.79. The number of fused-ring (bicyclic) bond motifs is 1. The van der Waals surface area contributed by atoms with Gasteiger partial charge in [-0.3, -0.25) is 9.59 Å². The predicted molar refractivity (Wildman–Crippen MR) is 143 cm³/mol. The van der Waals surface area contributed by atoms with Crippen molar-refractivity contribution in [1.82, 2.24) is 9.80 Å². The van der Waals surface area contributed by atoms with Crippen molar-refractivity contribution in [3.05, 3.63) is 87.6 Å². The summed E-state index contributed by atoms with van der Waals surface area (Å²) in [6.45, 7) is 4.91. The number of ether oxygens (including phenoxy) is 1. The van der Waals surface area contributed by atoms with Crippen LogP contribution in [0.2, 0.25) is 0 Å². The molecule has 2 aromatic carbocycles. The molecule has 6 heteroatoms. The van der Waals surface area contributed by atoms with Crippen molar-refractivity contribution in [2.45, 2.75) is 51.1 Å². The lowest BCUT2D eigenvalue weighted by Gasteiger charge is -2.38.